The summed E-state index contributed by atoms with van der Waals surface area (Å²) in [5.41, 5.74) is 1.19. The van der Waals surface area contributed by atoms with Crippen LogP contribution in [0.25, 0.3) is 0 Å². The van der Waals surface area contributed by atoms with Crippen molar-refractivity contribution in [3.05, 3.63) is 29.3 Å². The van der Waals surface area contributed by atoms with Crippen LogP contribution in [-0.2, 0) is 10.0 Å². The maximum Gasteiger partial charge on any atom is 0.355 e. The Bertz CT molecular complexity index is 603. The van der Waals surface area contributed by atoms with Gasteiger partial charge in [-0.05, 0) is 30.7 Å². The zero-order valence-electron chi connectivity index (χ0n) is 10.2. The van der Waals surface area contributed by atoms with Crippen LogP contribution in [0.15, 0.2) is 18.2 Å². The van der Waals surface area contributed by atoms with E-state index < -0.39 is 15.8 Å². The molecule has 0 atom stereocenters. The van der Waals surface area contributed by atoms with Gasteiger partial charge in [0.2, 0.25) is 0 Å². The van der Waals surface area contributed by atoms with Gasteiger partial charge in [-0.25, -0.2) is 8.42 Å². The largest absolute Gasteiger partial charge is 0.395 e. The fraction of sp³-hybridized carbons (Fsp3) is 0.333. The minimum Gasteiger partial charge on any atom is -0.395 e. The van der Waals surface area contributed by atoms with Gasteiger partial charge in [-0.1, -0.05) is 11.8 Å². The van der Waals surface area contributed by atoms with Crippen molar-refractivity contribution in [3.8, 4) is 11.8 Å². The van der Waals surface area contributed by atoms with Crippen LogP contribution >= 0.6 is 0 Å². The molecule has 4 nitrogen and oxygen atoms in total. The Balaban J connectivity index is 2.94. The van der Waals surface area contributed by atoms with Crippen molar-refractivity contribution in [2.75, 3.05) is 11.3 Å². The Morgan fingerprint density at radius 1 is 1.42 bits per heavy atom. The van der Waals surface area contributed by atoms with Crippen molar-refractivity contribution in [1.82, 2.24) is 0 Å². The molecule has 0 heterocycles. The number of benzene rings is 1. The lowest BCUT2D eigenvalue weighted by molar-refractivity contribution is 0.236. The number of aryl methyl sites for hydroxylation is 1. The quantitative estimate of drug-likeness (QED) is 0.829. The second-order valence-corrected chi connectivity index (χ2v) is 5.36. The van der Waals surface area contributed by atoms with Gasteiger partial charge in [0.25, 0.3) is 10.0 Å². The summed E-state index contributed by atoms with van der Waals surface area (Å²) < 4.78 is 48.3. The van der Waals surface area contributed by atoms with Gasteiger partial charge in [0.1, 0.15) is 0 Å². The number of halogens is 2. The van der Waals surface area contributed by atoms with E-state index in [-0.39, 0.29) is 12.3 Å². The highest BCUT2D eigenvalue weighted by molar-refractivity contribution is 7.93. The molecule has 0 saturated heterocycles. The van der Waals surface area contributed by atoms with Crippen molar-refractivity contribution in [3.63, 3.8) is 0 Å². The van der Waals surface area contributed by atoms with E-state index in [0.29, 0.717) is 17.5 Å². The number of sulfonamides is 1. The predicted octanol–water partition coefficient (Wildman–Crippen LogP) is 1.69. The normalized spacial score (nSPS) is 11.0. The van der Waals surface area contributed by atoms with Crippen LogP contribution < -0.4 is 4.72 Å². The number of aliphatic hydroxyl groups excluding tert-OH is 1. The number of hydrogen-bond acceptors (Lipinski definition) is 3. The van der Waals surface area contributed by atoms with Gasteiger partial charge in [-0.2, -0.15) is 8.78 Å². The van der Waals surface area contributed by atoms with Crippen LogP contribution in [0.2, 0.25) is 0 Å². The first-order chi connectivity index (χ1) is 8.86. The molecule has 0 bridgehead atoms. The molecule has 0 aromatic heterocycles. The first-order valence-electron chi connectivity index (χ1n) is 5.37. The molecule has 0 aliphatic heterocycles. The molecule has 0 amide bonds. The third kappa shape index (κ3) is 4.50. The lowest BCUT2D eigenvalue weighted by Crippen LogP contribution is -2.21. The Hall–Kier alpha value is -1.65. The molecule has 19 heavy (non-hydrogen) atoms. The molecule has 1 rings (SSSR count). The molecule has 7 heteroatoms. The van der Waals surface area contributed by atoms with E-state index in [1.54, 1.807) is 13.0 Å². The van der Waals surface area contributed by atoms with E-state index in [0.717, 1.165) is 0 Å². The lowest BCUT2D eigenvalue weighted by Gasteiger charge is -2.09. The Labute approximate surface area is 110 Å². The summed E-state index contributed by atoms with van der Waals surface area (Å²) in [4.78, 5) is 0. The fourth-order valence-electron chi connectivity index (χ4n) is 1.27. The zero-order chi connectivity index (χ0) is 14.5. The number of hydrogen-bond donors (Lipinski definition) is 2. The van der Waals surface area contributed by atoms with Crippen molar-refractivity contribution in [1.29, 1.82) is 0 Å². The van der Waals surface area contributed by atoms with E-state index >= 15 is 0 Å². The van der Waals surface area contributed by atoms with Crippen molar-refractivity contribution >= 4 is 15.7 Å². The van der Waals surface area contributed by atoms with Gasteiger partial charge in [0.15, 0.2) is 0 Å². The Morgan fingerprint density at radius 3 is 2.63 bits per heavy atom. The van der Waals surface area contributed by atoms with Crippen LogP contribution in [0.1, 0.15) is 17.5 Å². The molecular formula is C12H13F2NO3S. The average molecular weight is 289 g/mol. The molecule has 0 aliphatic rings. The van der Waals surface area contributed by atoms with Crippen molar-refractivity contribution in [2.24, 2.45) is 0 Å². The second-order valence-electron chi connectivity index (χ2n) is 3.71. The summed E-state index contributed by atoms with van der Waals surface area (Å²) in [5.74, 6) is 1.99. The number of aliphatic hydroxyl groups is 1. The summed E-state index contributed by atoms with van der Waals surface area (Å²) in [6, 6.07) is 4.46. The molecule has 0 saturated carbocycles. The third-order valence-electron chi connectivity index (χ3n) is 2.18. The van der Waals surface area contributed by atoms with Gasteiger partial charge >= 0.3 is 5.76 Å². The number of rotatable bonds is 4. The molecule has 1 aromatic carbocycles. The molecule has 104 valence electrons. The minimum absolute atomic E-state index is 0.0434. The first kappa shape index (κ1) is 15.4. The molecule has 0 radical (unpaired) electrons. The molecule has 0 unspecified atom stereocenters. The monoisotopic (exact) mass is 289 g/mol. The van der Waals surface area contributed by atoms with Crippen LogP contribution in [-0.4, -0.2) is 25.9 Å². The van der Waals surface area contributed by atoms with E-state index in [1.807, 2.05) is 4.72 Å². The first-order valence-corrected chi connectivity index (χ1v) is 6.91. The average Bonchev–Trinajstić information content (AvgIpc) is 2.32. The molecule has 0 fully saturated rings. The van der Waals surface area contributed by atoms with E-state index in [2.05, 4.69) is 11.8 Å². The van der Waals surface area contributed by atoms with Gasteiger partial charge in [0.05, 0.1) is 12.3 Å². The summed E-state index contributed by atoms with van der Waals surface area (Å²) in [7, 11) is -4.66. The maximum atomic E-state index is 12.2. The molecule has 2 N–H and O–H groups in total. The van der Waals surface area contributed by atoms with Crippen molar-refractivity contribution in [2.45, 2.75) is 19.1 Å². The summed E-state index contributed by atoms with van der Waals surface area (Å²) >= 11 is 0. The Morgan fingerprint density at radius 2 is 2.11 bits per heavy atom. The van der Waals surface area contributed by atoms with Crippen LogP contribution in [0.5, 0.6) is 0 Å². The summed E-state index contributed by atoms with van der Waals surface area (Å²) in [6.45, 7) is 1.54. The van der Waals surface area contributed by atoms with Crippen molar-refractivity contribution < 1.29 is 22.3 Å². The van der Waals surface area contributed by atoms with Crippen LogP contribution in [0.3, 0.4) is 0 Å². The van der Waals surface area contributed by atoms with Gasteiger partial charge in [-0.15, -0.1) is 0 Å². The summed E-state index contributed by atoms with van der Waals surface area (Å²) in [5, 5.41) is 8.57. The van der Waals surface area contributed by atoms with E-state index in [4.69, 9.17) is 5.11 Å². The van der Waals surface area contributed by atoms with Crippen LogP contribution in [0, 0.1) is 18.8 Å². The molecule has 1 aromatic rings. The van der Waals surface area contributed by atoms with E-state index in [9.17, 15) is 17.2 Å². The molecule has 0 aliphatic carbocycles. The highest BCUT2D eigenvalue weighted by Gasteiger charge is 2.24. The second kappa shape index (κ2) is 6.50. The standard InChI is InChI=1S/C12H13F2NO3S/c1-9-8-10(4-2-3-7-16)5-6-11(9)15-19(17,18)12(13)14/h5-6,8,12,15-16H,3,7H2,1H3. The number of anilines is 1. The molecule has 0 spiro atoms. The smallest absolute Gasteiger partial charge is 0.355 e. The predicted molar refractivity (Wildman–Crippen MR) is 68.3 cm³/mol. The van der Waals surface area contributed by atoms with Gasteiger partial charge in [-0.3, -0.25) is 4.72 Å². The zero-order valence-corrected chi connectivity index (χ0v) is 11.0. The highest BCUT2D eigenvalue weighted by Crippen LogP contribution is 2.19. The lowest BCUT2D eigenvalue weighted by atomic mass is 10.1. The van der Waals surface area contributed by atoms with Gasteiger partial charge < -0.3 is 5.11 Å². The SMILES string of the molecule is Cc1cc(C#CCCO)ccc1NS(=O)(=O)C(F)F. The molecular weight excluding hydrogens is 276 g/mol. The summed E-state index contributed by atoms with van der Waals surface area (Å²) in [6.07, 6.45) is 0.332. The van der Waals surface area contributed by atoms with Gasteiger partial charge in [0, 0.05) is 12.0 Å². The highest BCUT2D eigenvalue weighted by atomic mass is 32.2. The topological polar surface area (TPSA) is 66.4 Å². The maximum absolute atomic E-state index is 12.2. The van der Waals surface area contributed by atoms with E-state index in [1.165, 1.54) is 12.1 Å². The van der Waals surface area contributed by atoms with Crippen LogP contribution in [0.4, 0.5) is 14.5 Å². The number of alkyl halides is 2. The fourth-order valence-corrected chi connectivity index (χ4v) is 1.90. The minimum atomic E-state index is -4.66. The third-order valence-corrected chi connectivity index (χ3v) is 3.16. The Kier molecular flexibility index (Phi) is 5.27. The number of nitrogens with one attached hydrogen (secondary N) is 1.